The third-order valence-electron chi connectivity index (χ3n) is 4.48. The number of guanidine groups is 1. The molecule has 1 saturated carbocycles. The predicted molar refractivity (Wildman–Crippen MR) is 90.4 cm³/mol. The monoisotopic (exact) mass is 355 g/mol. The van der Waals surface area contributed by atoms with Crippen LogP contribution in [0.2, 0.25) is 0 Å². The number of nitrogens with zero attached hydrogens (tertiary/aromatic N) is 2. The predicted octanol–water partition coefficient (Wildman–Crippen LogP) is 3.45. The Balaban J connectivity index is 1.72. The molecule has 1 N–H and O–H groups in total. The first-order valence-corrected chi connectivity index (χ1v) is 8.79. The molecule has 1 atom stereocenters. The van der Waals surface area contributed by atoms with Gasteiger partial charge in [0.05, 0.1) is 18.7 Å². The molecule has 1 saturated heterocycles. The molecular weight excluding hydrogens is 331 g/mol. The standard InChI is InChI=1S/C18H24F3N3O/c1-2-22-17(23-11-13-6-7-13)24-8-9-25-16(12-24)14-4-3-5-15(10-14)18(19,20)21/h3-5,10,13,16H,2,6-9,11-12H2,1H3,(H,22,23). The van der Waals surface area contributed by atoms with Gasteiger partial charge in [0.25, 0.3) is 0 Å². The number of aliphatic imine (C=N–C) groups is 1. The molecule has 1 aliphatic carbocycles. The number of hydrogen-bond donors (Lipinski definition) is 1. The van der Waals surface area contributed by atoms with Crippen molar-refractivity contribution in [3.63, 3.8) is 0 Å². The summed E-state index contributed by atoms with van der Waals surface area (Å²) < 4.78 is 44.6. The highest BCUT2D eigenvalue weighted by molar-refractivity contribution is 5.80. The number of ether oxygens (including phenoxy) is 1. The van der Waals surface area contributed by atoms with E-state index in [1.165, 1.54) is 25.0 Å². The van der Waals surface area contributed by atoms with E-state index in [0.29, 0.717) is 31.2 Å². The Kier molecular flexibility index (Phi) is 5.51. The summed E-state index contributed by atoms with van der Waals surface area (Å²) in [6.07, 6.45) is -2.26. The van der Waals surface area contributed by atoms with Gasteiger partial charge >= 0.3 is 6.18 Å². The fraction of sp³-hybridized carbons (Fsp3) is 0.611. The molecule has 1 unspecified atom stereocenters. The Bertz CT molecular complexity index is 614. The molecule has 7 heteroatoms. The number of rotatable bonds is 4. The molecule has 2 fully saturated rings. The van der Waals surface area contributed by atoms with Crippen molar-refractivity contribution in [2.24, 2.45) is 10.9 Å². The van der Waals surface area contributed by atoms with E-state index in [-0.39, 0.29) is 6.10 Å². The highest BCUT2D eigenvalue weighted by Gasteiger charge is 2.32. The van der Waals surface area contributed by atoms with Gasteiger partial charge in [-0.25, -0.2) is 0 Å². The second-order valence-corrected chi connectivity index (χ2v) is 6.57. The van der Waals surface area contributed by atoms with Crippen LogP contribution in [0.25, 0.3) is 0 Å². The smallest absolute Gasteiger partial charge is 0.370 e. The summed E-state index contributed by atoms with van der Waals surface area (Å²) in [5, 5.41) is 3.28. The van der Waals surface area contributed by atoms with E-state index >= 15 is 0 Å². The van der Waals surface area contributed by atoms with E-state index in [4.69, 9.17) is 4.74 Å². The minimum atomic E-state index is -4.34. The highest BCUT2D eigenvalue weighted by atomic mass is 19.4. The summed E-state index contributed by atoms with van der Waals surface area (Å²) in [5.41, 5.74) is -0.0856. The normalized spacial score (nSPS) is 22.2. The van der Waals surface area contributed by atoms with Gasteiger partial charge in [-0.2, -0.15) is 13.2 Å². The maximum atomic E-state index is 12.9. The maximum Gasteiger partial charge on any atom is 0.416 e. The lowest BCUT2D eigenvalue weighted by molar-refractivity contribution is -0.137. The second kappa shape index (κ2) is 7.64. The SMILES string of the molecule is CCNC(=NCC1CC1)N1CCOC(c2cccc(C(F)(F)F)c2)C1. The van der Waals surface area contributed by atoms with E-state index in [1.807, 2.05) is 6.92 Å². The van der Waals surface area contributed by atoms with Gasteiger partial charge in [0.1, 0.15) is 6.10 Å². The van der Waals surface area contributed by atoms with Gasteiger partial charge in [-0.15, -0.1) is 0 Å². The van der Waals surface area contributed by atoms with Gasteiger partial charge in [0.15, 0.2) is 5.96 Å². The van der Waals surface area contributed by atoms with E-state index in [1.54, 1.807) is 6.07 Å². The lowest BCUT2D eigenvalue weighted by atomic mass is 10.0. The third kappa shape index (κ3) is 4.87. The zero-order chi connectivity index (χ0) is 17.9. The average molecular weight is 355 g/mol. The first-order chi connectivity index (χ1) is 12.0. The lowest BCUT2D eigenvalue weighted by Gasteiger charge is -2.35. The van der Waals surface area contributed by atoms with Crippen LogP contribution >= 0.6 is 0 Å². The van der Waals surface area contributed by atoms with E-state index in [9.17, 15) is 13.2 Å². The van der Waals surface area contributed by atoms with E-state index < -0.39 is 11.7 Å². The maximum absolute atomic E-state index is 12.9. The minimum Gasteiger partial charge on any atom is -0.370 e. The molecule has 0 bridgehead atoms. The van der Waals surface area contributed by atoms with Crippen LogP contribution in [0, 0.1) is 5.92 Å². The molecule has 3 rings (SSSR count). The summed E-state index contributed by atoms with van der Waals surface area (Å²) >= 11 is 0. The molecule has 4 nitrogen and oxygen atoms in total. The summed E-state index contributed by atoms with van der Waals surface area (Å²) in [4.78, 5) is 6.76. The van der Waals surface area contributed by atoms with Crippen LogP contribution in [0.3, 0.4) is 0 Å². The zero-order valence-electron chi connectivity index (χ0n) is 14.4. The first-order valence-electron chi connectivity index (χ1n) is 8.79. The summed E-state index contributed by atoms with van der Waals surface area (Å²) in [5.74, 6) is 1.52. The molecule has 0 aromatic heterocycles. The Morgan fingerprint density at radius 1 is 1.36 bits per heavy atom. The van der Waals surface area contributed by atoms with E-state index in [0.717, 1.165) is 25.1 Å². The Morgan fingerprint density at radius 3 is 2.84 bits per heavy atom. The first kappa shape index (κ1) is 18.0. The quantitative estimate of drug-likeness (QED) is 0.664. The molecule has 2 aliphatic rings. The molecular formula is C18H24F3N3O. The Labute approximate surface area is 146 Å². The van der Waals surface area contributed by atoms with Gasteiger partial charge in [0.2, 0.25) is 0 Å². The van der Waals surface area contributed by atoms with Gasteiger partial charge in [0, 0.05) is 19.6 Å². The number of halogens is 3. The van der Waals surface area contributed by atoms with Crippen LogP contribution in [0.15, 0.2) is 29.3 Å². The van der Waals surface area contributed by atoms with Crippen LogP contribution in [-0.2, 0) is 10.9 Å². The number of nitrogens with one attached hydrogen (secondary N) is 1. The number of morpholine rings is 1. The Morgan fingerprint density at radius 2 is 2.16 bits per heavy atom. The molecule has 1 heterocycles. The van der Waals surface area contributed by atoms with Crippen LogP contribution in [0.1, 0.15) is 37.0 Å². The van der Waals surface area contributed by atoms with Crippen LogP contribution in [0.4, 0.5) is 13.2 Å². The fourth-order valence-corrected chi connectivity index (χ4v) is 2.90. The third-order valence-corrected chi connectivity index (χ3v) is 4.48. The molecule has 0 spiro atoms. The molecule has 1 aromatic carbocycles. The highest BCUT2D eigenvalue weighted by Crippen LogP contribution is 2.32. The number of benzene rings is 1. The van der Waals surface area contributed by atoms with Crippen molar-refractivity contribution in [3.05, 3.63) is 35.4 Å². The largest absolute Gasteiger partial charge is 0.416 e. The molecule has 1 aliphatic heterocycles. The van der Waals surface area contributed by atoms with Crippen molar-refractivity contribution >= 4 is 5.96 Å². The minimum absolute atomic E-state index is 0.388. The summed E-state index contributed by atoms with van der Waals surface area (Å²) in [6, 6.07) is 5.40. The van der Waals surface area contributed by atoms with Crippen molar-refractivity contribution in [2.75, 3.05) is 32.8 Å². The van der Waals surface area contributed by atoms with E-state index in [2.05, 4.69) is 15.2 Å². The van der Waals surface area contributed by atoms with Gasteiger partial charge in [-0.05, 0) is 43.4 Å². The van der Waals surface area contributed by atoms with Crippen LogP contribution in [0.5, 0.6) is 0 Å². The van der Waals surface area contributed by atoms with Gasteiger partial charge in [-0.3, -0.25) is 4.99 Å². The number of alkyl halides is 3. The molecule has 0 radical (unpaired) electrons. The Hall–Kier alpha value is -1.76. The van der Waals surface area contributed by atoms with Crippen molar-refractivity contribution in [3.8, 4) is 0 Å². The molecule has 25 heavy (non-hydrogen) atoms. The second-order valence-electron chi connectivity index (χ2n) is 6.57. The topological polar surface area (TPSA) is 36.9 Å². The summed E-state index contributed by atoms with van der Waals surface area (Å²) in [7, 11) is 0. The molecule has 0 amide bonds. The molecule has 138 valence electrons. The van der Waals surface area contributed by atoms with Crippen molar-refractivity contribution in [1.82, 2.24) is 10.2 Å². The molecule has 1 aromatic rings. The van der Waals surface area contributed by atoms with Crippen molar-refractivity contribution in [2.45, 2.75) is 32.0 Å². The summed E-state index contributed by atoms with van der Waals surface area (Å²) in [6.45, 7) is 5.24. The van der Waals surface area contributed by atoms with Crippen LogP contribution in [-0.4, -0.2) is 43.6 Å². The van der Waals surface area contributed by atoms with Gasteiger partial charge < -0.3 is 15.0 Å². The van der Waals surface area contributed by atoms with Gasteiger partial charge in [-0.1, -0.05) is 12.1 Å². The fourth-order valence-electron chi connectivity index (χ4n) is 2.90. The van der Waals surface area contributed by atoms with Crippen molar-refractivity contribution < 1.29 is 17.9 Å². The lowest BCUT2D eigenvalue weighted by Crippen LogP contribution is -2.48. The van der Waals surface area contributed by atoms with Crippen molar-refractivity contribution in [1.29, 1.82) is 0 Å². The average Bonchev–Trinajstić information content (AvgIpc) is 3.42. The van der Waals surface area contributed by atoms with Crippen LogP contribution < -0.4 is 5.32 Å². The zero-order valence-corrected chi connectivity index (χ0v) is 14.4. The number of hydrogen-bond acceptors (Lipinski definition) is 2.